The van der Waals surface area contributed by atoms with E-state index in [1.54, 1.807) is 0 Å². The summed E-state index contributed by atoms with van der Waals surface area (Å²) in [6, 6.07) is 3.14. The molecule has 1 fully saturated rings. The number of ether oxygens (including phenoxy) is 1. The first-order chi connectivity index (χ1) is 9.56. The van der Waals surface area contributed by atoms with Crippen LogP contribution in [0.1, 0.15) is 16.8 Å². The van der Waals surface area contributed by atoms with Gasteiger partial charge in [-0.3, -0.25) is 4.79 Å². The molecule has 0 saturated carbocycles. The molecule has 0 radical (unpaired) electrons. The second-order valence-corrected chi connectivity index (χ2v) is 4.48. The molecule has 1 unspecified atom stereocenters. The number of carboxylic acids is 1. The molecule has 1 amide bonds. The van der Waals surface area contributed by atoms with Gasteiger partial charge in [-0.05, 0) is 18.2 Å². The highest BCUT2D eigenvalue weighted by Crippen LogP contribution is 2.17. The summed E-state index contributed by atoms with van der Waals surface area (Å²) in [5.74, 6) is -2.24. The van der Waals surface area contributed by atoms with Gasteiger partial charge in [-0.1, -0.05) is 0 Å². The Labute approximate surface area is 114 Å². The fourth-order valence-electron chi connectivity index (χ4n) is 1.93. The summed E-state index contributed by atoms with van der Waals surface area (Å²) in [6.45, 7) is 1.69. The lowest BCUT2D eigenvalue weighted by Gasteiger charge is -2.23. The Hall–Kier alpha value is -1.99. The molecule has 0 bridgehead atoms. The molecule has 1 aromatic carbocycles. The van der Waals surface area contributed by atoms with Crippen LogP contribution in [0.25, 0.3) is 0 Å². The van der Waals surface area contributed by atoms with Crippen molar-refractivity contribution in [3.63, 3.8) is 0 Å². The van der Waals surface area contributed by atoms with Crippen molar-refractivity contribution in [2.24, 2.45) is 0 Å². The maximum Gasteiger partial charge on any atom is 0.335 e. The van der Waals surface area contributed by atoms with Crippen molar-refractivity contribution in [1.29, 1.82) is 0 Å². The molecule has 1 saturated heterocycles. The van der Waals surface area contributed by atoms with Crippen LogP contribution in [0.4, 0.5) is 10.1 Å². The summed E-state index contributed by atoms with van der Waals surface area (Å²) < 4.78 is 18.7. The van der Waals surface area contributed by atoms with Gasteiger partial charge in [0.1, 0.15) is 5.82 Å². The highest BCUT2D eigenvalue weighted by Gasteiger charge is 2.18. The van der Waals surface area contributed by atoms with Gasteiger partial charge in [0.2, 0.25) is 5.91 Å². The molecule has 0 aromatic heterocycles. The van der Waals surface area contributed by atoms with Crippen molar-refractivity contribution < 1.29 is 23.8 Å². The third kappa shape index (κ3) is 3.75. The Morgan fingerprint density at radius 2 is 2.30 bits per heavy atom. The van der Waals surface area contributed by atoms with Crippen LogP contribution in [0, 0.1) is 5.82 Å². The van der Waals surface area contributed by atoms with E-state index in [-0.39, 0.29) is 23.7 Å². The van der Waals surface area contributed by atoms with E-state index in [1.807, 2.05) is 0 Å². The van der Waals surface area contributed by atoms with Crippen LogP contribution in [0.15, 0.2) is 18.2 Å². The van der Waals surface area contributed by atoms with E-state index in [2.05, 4.69) is 10.6 Å². The summed E-state index contributed by atoms with van der Waals surface area (Å²) in [4.78, 5) is 22.6. The molecule has 20 heavy (non-hydrogen) atoms. The van der Waals surface area contributed by atoms with Crippen molar-refractivity contribution in [1.82, 2.24) is 5.32 Å². The maximum atomic E-state index is 13.5. The van der Waals surface area contributed by atoms with Crippen LogP contribution >= 0.6 is 0 Å². The number of carbonyl (C=O) groups is 2. The minimum atomic E-state index is -1.18. The summed E-state index contributed by atoms with van der Waals surface area (Å²) in [6.07, 6.45) is 0.136. The molecule has 1 atom stereocenters. The third-order valence-corrected chi connectivity index (χ3v) is 2.92. The number of hydrogen-bond acceptors (Lipinski definition) is 4. The molecule has 1 aromatic rings. The lowest BCUT2D eigenvalue weighted by molar-refractivity contribution is -0.117. The molecule has 1 aliphatic heterocycles. The lowest BCUT2D eigenvalue weighted by Crippen LogP contribution is -2.43. The van der Waals surface area contributed by atoms with E-state index in [0.29, 0.717) is 19.8 Å². The minimum absolute atomic E-state index is 0.0826. The summed E-state index contributed by atoms with van der Waals surface area (Å²) in [5, 5.41) is 14.3. The fourth-order valence-corrected chi connectivity index (χ4v) is 1.93. The SMILES string of the molecule is O=C(CC1COCCN1)Nc1cc(C(=O)O)ccc1F. The molecule has 108 valence electrons. The Kier molecular flexibility index (Phi) is 4.65. The number of aromatic carboxylic acids is 1. The quantitative estimate of drug-likeness (QED) is 0.761. The van der Waals surface area contributed by atoms with Gasteiger partial charge in [-0.15, -0.1) is 0 Å². The van der Waals surface area contributed by atoms with E-state index < -0.39 is 17.7 Å². The molecule has 3 N–H and O–H groups in total. The van der Waals surface area contributed by atoms with Gasteiger partial charge in [0.15, 0.2) is 0 Å². The number of carboxylic acid groups (broad SMARTS) is 1. The van der Waals surface area contributed by atoms with E-state index >= 15 is 0 Å². The topological polar surface area (TPSA) is 87.7 Å². The number of amides is 1. The zero-order chi connectivity index (χ0) is 14.5. The van der Waals surface area contributed by atoms with Gasteiger partial charge in [0, 0.05) is 19.0 Å². The van der Waals surface area contributed by atoms with Crippen LogP contribution in [0.5, 0.6) is 0 Å². The lowest BCUT2D eigenvalue weighted by atomic mass is 10.1. The number of anilines is 1. The Morgan fingerprint density at radius 1 is 1.50 bits per heavy atom. The molecule has 1 aliphatic rings. The average Bonchev–Trinajstić information content (AvgIpc) is 2.42. The van der Waals surface area contributed by atoms with Crippen LogP contribution in [0.2, 0.25) is 0 Å². The molecule has 2 rings (SSSR count). The van der Waals surface area contributed by atoms with Crippen molar-refractivity contribution in [2.75, 3.05) is 25.1 Å². The molecule has 0 aliphatic carbocycles. The molecule has 0 spiro atoms. The highest BCUT2D eigenvalue weighted by molar-refractivity contribution is 5.94. The number of benzene rings is 1. The molecule has 6 nitrogen and oxygen atoms in total. The standard InChI is InChI=1S/C13H15FN2O4/c14-10-2-1-8(13(18)19)5-11(10)16-12(17)6-9-7-20-4-3-15-9/h1-2,5,9,15H,3-4,6-7H2,(H,16,17)(H,18,19). The monoisotopic (exact) mass is 282 g/mol. The minimum Gasteiger partial charge on any atom is -0.478 e. The van der Waals surface area contributed by atoms with E-state index in [9.17, 15) is 14.0 Å². The van der Waals surface area contributed by atoms with E-state index in [4.69, 9.17) is 9.84 Å². The van der Waals surface area contributed by atoms with Crippen LogP contribution in [-0.2, 0) is 9.53 Å². The Bertz CT molecular complexity index is 515. The van der Waals surface area contributed by atoms with E-state index in [1.165, 1.54) is 0 Å². The first-order valence-electron chi connectivity index (χ1n) is 6.20. The predicted octanol–water partition coefficient (Wildman–Crippen LogP) is 0.841. The Morgan fingerprint density at radius 3 is 2.95 bits per heavy atom. The van der Waals surface area contributed by atoms with Crippen molar-refractivity contribution in [3.8, 4) is 0 Å². The van der Waals surface area contributed by atoms with Crippen molar-refractivity contribution in [2.45, 2.75) is 12.5 Å². The summed E-state index contributed by atoms with van der Waals surface area (Å²) in [5.41, 5.74) is -0.215. The van der Waals surface area contributed by atoms with Gasteiger partial charge in [0.05, 0.1) is 24.5 Å². The van der Waals surface area contributed by atoms with Crippen LogP contribution < -0.4 is 10.6 Å². The van der Waals surface area contributed by atoms with Gasteiger partial charge < -0.3 is 20.5 Å². The van der Waals surface area contributed by atoms with Gasteiger partial charge in [-0.2, -0.15) is 0 Å². The van der Waals surface area contributed by atoms with Gasteiger partial charge in [-0.25, -0.2) is 9.18 Å². The number of halogens is 1. The number of morpholine rings is 1. The molecule has 7 heteroatoms. The van der Waals surface area contributed by atoms with Crippen molar-refractivity contribution >= 4 is 17.6 Å². The largest absolute Gasteiger partial charge is 0.478 e. The zero-order valence-corrected chi connectivity index (χ0v) is 10.7. The first-order valence-corrected chi connectivity index (χ1v) is 6.20. The zero-order valence-electron chi connectivity index (χ0n) is 10.7. The molecular formula is C13H15FN2O4. The van der Waals surface area contributed by atoms with Gasteiger partial charge in [0.25, 0.3) is 0 Å². The Balaban J connectivity index is 1.99. The van der Waals surface area contributed by atoms with E-state index in [0.717, 1.165) is 18.2 Å². The second-order valence-electron chi connectivity index (χ2n) is 4.48. The van der Waals surface area contributed by atoms with Crippen LogP contribution in [0.3, 0.4) is 0 Å². The average molecular weight is 282 g/mol. The predicted molar refractivity (Wildman–Crippen MR) is 69.2 cm³/mol. The van der Waals surface area contributed by atoms with Gasteiger partial charge >= 0.3 is 5.97 Å². The number of rotatable bonds is 4. The number of carbonyl (C=O) groups excluding carboxylic acids is 1. The summed E-state index contributed by atoms with van der Waals surface area (Å²) >= 11 is 0. The van der Waals surface area contributed by atoms with Crippen LogP contribution in [-0.4, -0.2) is 42.8 Å². The highest BCUT2D eigenvalue weighted by atomic mass is 19.1. The normalized spacial score (nSPS) is 18.6. The number of nitrogens with one attached hydrogen (secondary N) is 2. The van der Waals surface area contributed by atoms with Crippen molar-refractivity contribution in [3.05, 3.63) is 29.6 Å². The molecule has 1 heterocycles. The molecular weight excluding hydrogens is 267 g/mol. The number of hydrogen-bond donors (Lipinski definition) is 3. The fraction of sp³-hybridized carbons (Fsp3) is 0.385. The smallest absolute Gasteiger partial charge is 0.335 e. The first kappa shape index (κ1) is 14.4. The third-order valence-electron chi connectivity index (χ3n) is 2.92. The maximum absolute atomic E-state index is 13.5. The summed E-state index contributed by atoms with van der Waals surface area (Å²) in [7, 11) is 0. The second kappa shape index (κ2) is 6.44.